The van der Waals surface area contributed by atoms with Crippen LogP contribution in [0.4, 0.5) is 0 Å². The van der Waals surface area contributed by atoms with E-state index in [0.29, 0.717) is 10.4 Å². The number of fused-ring (bicyclic) bond motifs is 1. The molecule has 0 aliphatic rings. The molecule has 0 aliphatic carbocycles. The molecule has 0 saturated carbocycles. The van der Waals surface area contributed by atoms with Crippen molar-refractivity contribution in [1.82, 2.24) is 15.1 Å². The predicted molar refractivity (Wildman–Crippen MR) is 107 cm³/mol. The summed E-state index contributed by atoms with van der Waals surface area (Å²) < 4.78 is 6.06. The Kier molecular flexibility index (Phi) is 6.58. The van der Waals surface area contributed by atoms with Gasteiger partial charge in [0.25, 0.3) is 11.5 Å². The molecule has 8 nitrogen and oxygen atoms in total. The Morgan fingerprint density at radius 2 is 1.90 bits per heavy atom. The van der Waals surface area contributed by atoms with Crippen LogP contribution in [0.15, 0.2) is 53.3 Å². The number of hydrogen-bond donors (Lipinski definition) is 2. The SMILES string of the molecule is O=C(COC(=O)c1nn(CCO)c(=O)c2ccccc12)NCc1cccc(Cl)c1. The first kappa shape index (κ1) is 20.5. The van der Waals surface area contributed by atoms with Crippen LogP contribution in [-0.2, 0) is 22.6 Å². The molecule has 0 unspecified atom stereocenters. The molecule has 0 radical (unpaired) electrons. The number of aliphatic hydroxyl groups is 1. The second kappa shape index (κ2) is 9.31. The summed E-state index contributed by atoms with van der Waals surface area (Å²) >= 11 is 5.90. The van der Waals surface area contributed by atoms with Gasteiger partial charge >= 0.3 is 5.97 Å². The van der Waals surface area contributed by atoms with E-state index in [1.807, 2.05) is 0 Å². The summed E-state index contributed by atoms with van der Waals surface area (Å²) in [6.45, 7) is -0.649. The highest BCUT2D eigenvalue weighted by Gasteiger charge is 2.18. The summed E-state index contributed by atoms with van der Waals surface area (Å²) in [6, 6.07) is 13.5. The highest BCUT2D eigenvalue weighted by Crippen LogP contribution is 2.14. The molecule has 150 valence electrons. The van der Waals surface area contributed by atoms with Crippen LogP contribution < -0.4 is 10.9 Å². The maximum Gasteiger partial charge on any atom is 0.359 e. The molecule has 29 heavy (non-hydrogen) atoms. The van der Waals surface area contributed by atoms with Crippen molar-refractivity contribution < 1.29 is 19.4 Å². The van der Waals surface area contributed by atoms with Crippen LogP contribution >= 0.6 is 11.6 Å². The number of nitrogens with zero attached hydrogens (tertiary/aromatic N) is 2. The highest BCUT2D eigenvalue weighted by molar-refractivity contribution is 6.30. The lowest BCUT2D eigenvalue weighted by atomic mass is 10.1. The number of esters is 1. The molecule has 2 N–H and O–H groups in total. The van der Waals surface area contributed by atoms with Crippen molar-refractivity contribution in [3.8, 4) is 0 Å². The van der Waals surface area contributed by atoms with Gasteiger partial charge in [0.2, 0.25) is 0 Å². The van der Waals surface area contributed by atoms with Crippen LogP contribution in [0.3, 0.4) is 0 Å². The molecule has 9 heteroatoms. The molecule has 0 spiro atoms. The van der Waals surface area contributed by atoms with E-state index in [4.69, 9.17) is 21.4 Å². The first-order chi connectivity index (χ1) is 14.0. The number of rotatable bonds is 7. The number of aromatic nitrogens is 2. The third-order valence-electron chi connectivity index (χ3n) is 4.09. The normalized spacial score (nSPS) is 10.7. The third kappa shape index (κ3) is 4.98. The lowest BCUT2D eigenvalue weighted by molar-refractivity contribution is -0.124. The molecule has 0 aliphatic heterocycles. The Labute approximate surface area is 170 Å². The van der Waals surface area contributed by atoms with E-state index in [1.165, 1.54) is 0 Å². The largest absolute Gasteiger partial charge is 0.451 e. The lowest BCUT2D eigenvalue weighted by Crippen LogP contribution is -2.30. The number of carbonyl (C=O) groups excluding carboxylic acids is 2. The number of nitrogens with one attached hydrogen (secondary N) is 1. The van der Waals surface area contributed by atoms with Gasteiger partial charge in [0.15, 0.2) is 12.3 Å². The molecule has 3 aromatic rings. The molecular weight excluding hydrogens is 398 g/mol. The minimum absolute atomic E-state index is 0.0654. The van der Waals surface area contributed by atoms with Gasteiger partial charge in [0, 0.05) is 17.0 Å². The van der Waals surface area contributed by atoms with E-state index >= 15 is 0 Å². The van der Waals surface area contributed by atoms with E-state index in [2.05, 4.69) is 10.4 Å². The van der Waals surface area contributed by atoms with E-state index in [9.17, 15) is 14.4 Å². The Morgan fingerprint density at radius 3 is 2.62 bits per heavy atom. The summed E-state index contributed by atoms with van der Waals surface area (Å²) in [5, 5.41) is 16.9. The molecule has 3 rings (SSSR count). The van der Waals surface area contributed by atoms with E-state index in [0.717, 1.165) is 10.2 Å². The smallest absolute Gasteiger partial charge is 0.359 e. The third-order valence-corrected chi connectivity index (χ3v) is 4.32. The maximum absolute atomic E-state index is 12.5. The monoisotopic (exact) mass is 415 g/mol. The summed E-state index contributed by atoms with van der Waals surface area (Å²) in [4.78, 5) is 36.9. The van der Waals surface area contributed by atoms with Crippen LogP contribution in [0.1, 0.15) is 16.1 Å². The number of benzene rings is 2. The predicted octanol–water partition coefficient (Wildman–Crippen LogP) is 1.52. The average molecular weight is 416 g/mol. The summed E-state index contributed by atoms with van der Waals surface area (Å²) in [5.74, 6) is -1.34. The number of hydrogen-bond acceptors (Lipinski definition) is 6. The van der Waals surface area contributed by atoms with Gasteiger partial charge in [0.05, 0.1) is 18.5 Å². The van der Waals surface area contributed by atoms with Crippen molar-refractivity contribution in [2.24, 2.45) is 0 Å². The zero-order chi connectivity index (χ0) is 20.8. The van der Waals surface area contributed by atoms with Crippen LogP contribution in [0.5, 0.6) is 0 Å². The van der Waals surface area contributed by atoms with Crippen molar-refractivity contribution >= 4 is 34.2 Å². The number of carbonyl (C=O) groups is 2. The van der Waals surface area contributed by atoms with Gasteiger partial charge in [-0.3, -0.25) is 9.59 Å². The van der Waals surface area contributed by atoms with Crippen LogP contribution in [0.25, 0.3) is 10.8 Å². The quantitative estimate of drug-likeness (QED) is 0.566. The van der Waals surface area contributed by atoms with Gasteiger partial charge in [-0.1, -0.05) is 41.9 Å². The second-order valence-corrected chi connectivity index (χ2v) is 6.57. The Bertz CT molecular complexity index is 1110. The van der Waals surface area contributed by atoms with Crippen LogP contribution in [-0.4, -0.2) is 40.0 Å². The van der Waals surface area contributed by atoms with Crippen LogP contribution in [0.2, 0.25) is 5.02 Å². The fourth-order valence-electron chi connectivity index (χ4n) is 2.73. The number of ether oxygens (including phenoxy) is 1. The number of halogens is 1. The summed E-state index contributed by atoms with van der Waals surface area (Å²) in [6.07, 6.45) is 0. The van der Waals surface area contributed by atoms with Gasteiger partial charge in [0.1, 0.15) is 0 Å². The molecule has 0 bridgehead atoms. The van der Waals surface area contributed by atoms with Crippen molar-refractivity contribution in [3.05, 3.63) is 75.2 Å². The minimum atomic E-state index is -0.842. The molecule has 2 aromatic carbocycles. The molecule has 1 heterocycles. The van der Waals surface area contributed by atoms with Gasteiger partial charge < -0.3 is 15.2 Å². The second-order valence-electron chi connectivity index (χ2n) is 6.13. The Hall–Kier alpha value is -3.23. The molecule has 0 atom stereocenters. The molecular formula is C20H18ClN3O5. The van der Waals surface area contributed by atoms with Gasteiger partial charge in [-0.2, -0.15) is 5.10 Å². The van der Waals surface area contributed by atoms with Gasteiger partial charge in [-0.05, 0) is 23.8 Å². The zero-order valence-electron chi connectivity index (χ0n) is 15.3. The van der Waals surface area contributed by atoms with Crippen molar-refractivity contribution in [2.45, 2.75) is 13.1 Å². The molecule has 1 aromatic heterocycles. The van der Waals surface area contributed by atoms with Crippen molar-refractivity contribution in [2.75, 3.05) is 13.2 Å². The van der Waals surface area contributed by atoms with Gasteiger partial charge in [-0.15, -0.1) is 0 Å². The number of aliphatic hydroxyl groups excluding tert-OH is 1. The highest BCUT2D eigenvalue weighted by atomic mass is 35.5. The first-order valence-corrected chi connectivity index (χ1v) is 9.16. The lowest BCUT2D eigenvalue weighted by Gasteiger charge is -2.10. The minimum Gasteiger partial charge on any atom is -0.451 e. The molecule has 0 saturated heterocycles. The fourth-order valence-corrected chi connectivity index (χ4v) is 2.94. The zero-order valence-corrected chi connectivity index (χ0v) is 16.1. The Morgan fingerprint density at radius 1 is 1.14 bits per heavy atom. The number of amides is 1. The maximum atomic E-state index is 12.5. The molecule has 0 fully saturated rings. The fraction of sp³-hybridized carbons (Fsp3) is 0.200. The van der Waals surface area contributed by atoms with Crippen molar-refractivity contribution in [1.29, 1.82) is 0 Å². The summed E-state index contributed by atoms with van der Waals surface area (Å²) in [7, 11) is 0. The van der Waals surface area contributed by atoms with Crippen molar-refractivity contribution in [3.63, 3.8) is 0 Å². The van der Waals surface area contributed by atoms with E-state index < -0.39 is 24.0 Å². The molecule has 1 amide bonds. The van der Waals surface area contributed by atoms with Crippen LogP contribution in [0, 0.1) is 0 Å². The van der Waals surface area contributed by atoms with E-state index in [1.54, 1.807) is 48.5 Å². The van der Waals surface area contributed by atoms with Gasteiger partial charge in [-0.25, -0.2) is 9.48 Å². The Balaban J connectivity index is 1.70. The van der Waals surface area contributed by atoms with E-state index in [-0.39, 0.29) is 30.8 Å². The topological polar surface area (TPSA) is 111 Å². The first-order valence-electron chi connectivity index (χ1n) is 8.78. The summed E-state index contributed by atoms with van der Waals surface area (Å²) in [5.41, 5.74) is 0.280. The standard InChI is InChI=1S/C20H18ClN3O5/c21-14-5-3-4-13(10-14)11-22-17(26)12-29-20(28)18-15-6-1-2-7-16(15)19(27)24(23-18)8-9-25/h1-7,10,25H,8-9,11-12H2,(H,22,26). The average Bonchev–Trinajstić information content (AvgIpc) is 2.73.